The summed E-state index contributed by atoms with van der Waals surface area (Å²) in [4.78, 5) is 5.52. The van der Waals surface area contributed by atoms with E-state index < -0.39 is 6.10 Å². The van der Waals surface area contributed by atoms with Crippen LogP contribution in [0.4, 0.5) is 0 Å². The molecule has 2 aromatic heterocycles. The number of hydrogen-bond donors (Lipinski definition) is 1. The van der Waals surface area contributed by atoms with Crippen LogP contribution in [0.2, 0.25) is 0 Å². The molecule has 0 amide bonds. The fourth-order valence-electron chi connectivity index (χ4n) is 1.52. The molecule has 0 aliphatic rings. The van der Waals surface area contributed by atoms with Crippen molar-refractivity contribution in [2.75, 3.05) is 0 Å². The quantitative estimate of drug-likeness (QED) is 0.797. The number of pyridine rings is 1. The molecule has 1 N–H and O–H groups in total. The van der Waals surface area contributed by atoms with Crippen LogP contribution in [-0.2, 0) is 13.5 Å². The minimum Gasteiger partial charge on any atom is -0.386 e. The molecule has 0 aliphatic carbocycles. The van der Waals surface area contributed by atoms with Gasteiger partial charge in [-0.2, -0.15) is 4.80 Å². The number of aliphatic hydroxyl groups excluding tert-OH is 1. The normalized spacial score (nSPS) is 12.7. The van der Waals surface area contributed by atoms with Crippen LogP contribution in [0.1, 0.15) is 23.2 Å². The van der Waals surface area contributed by atoms with Gasteiger partial charge in [0.2, 0.25) is 0 Å². The molecule has 0 aliphatic heterocycles. The molecule has 0 saturated carbocycles. The summed E-state index contributed by atoms with van der Waals surface area (Å²) in [5, 5.41) is 21.5. The molecule has 2 aromatic rings. The van der Waals surface area contributed by atoms with E-state index in [1.165, 1.54) is 4.80 Å². The lowest BCUT2D eigenvalue weighted by molar-refractivity contribution is 0.170. The Morgan fingerprint density at radius 3 is 2.94 bits per heavy atom. The van der Waals surface area contributed by atoms with Crippen molar-refractivity contribution in [1.29, 1.82) is 0 Å². The standard InChI is InChI=1S/C10H13N5O/c1-7-4-3-5-11-10(7)8(16)6-9-12-14-15(2)13-9/h3-5,8,16H,6H2,1-2H3. The third kappa shape index (κ3) is 2.22. The Balaban J connectivity index is 2.14. The van der Waals surface area contributed by atoms with Gasteiger partial charge in [-0.3, -0.25) is 4.98 Å². The molecule has 1 unspecified atom stereocenters. The molecule has 0 fully saturated rings. The van der Waals surface area contributed by atoms with Crippen LogP contribution in [0, 0.1) is 6.92 Å². The maximum absolute atomic E-state index is 9.98. The first-order valence-electron chi connectivity index (χ1n) is 4.99. The lowest BCUT2D eigenvalue weighted by atomic mass is 10.1. The zero-order valence-corrected chi connectivity index (χ0v) is 9.20. The van der Waals surface area contributed by atoms with E-state index >= 15 is 0 Å². The van der Waals surface area contributed by atoms with Gasteiger partial charge in [-0.25, -0.2) is 0 Å². The fraction of sp³-hybridized carbons (Fsp3) is 0.400. The van der Waals surface area contributed by atoms with Gasteiger partial charge < -0.3 is 5.11 Å². The summed E-state index contributed by atoms with van der Waals surface area (Å²) >= 11 is 0. The second-order valence-electron chi connectivity index (χ2n) is 3.62. The molecule has 0 saturated heterocycles. The zero-order chi connectivity index (χ0) is 11.5. The molecule has 2 heterocycles. The van der Waals surface area contributed by atoms with Gasteiger partial charge in [0.25, 0.3) is 0 Å². The molecule has 84 valence electrons. The maximum atomic E-state index is 9.98. The Bertz CT molecular complexity index is 482. The Morgan fingerprint density at radius 1 is 1.50 bits per heavy atom. The Morgan fingerprint density at radius 2 is 2.31 bits per heavy atom. The van der Waals surface area contributed by atoms with Crippen LogP contribution in [0.25, 0.3) is 0 Å². The predicted molar refractivity (Wildman–Crippen MR) is 56.4 cm³/mol. The minimum atomic E-state index is -0.689. The van der Waals surface area contributed by atoms with Gasteiger partial charge in [-0.05, 0) is 23.8 Å². The average molecular weight is 219 g/mol. The number of rotatable bonds is 3. The van der Waals surface area contributed by atoms with E-state index in [0.29, 0.717) is 17.9 Å². The lowest BCUT2D eigenvalue weighted by Crippen LogP contribution is -2.07. The van der Waals surface area contributed by atoms with E-state index in [4.69, 9.17) is 0 Å². The number of tetrazole rings is 1. The minimum absolute atomic E-state index is 0.325. The molecule has 0 radical (unpaired) electrons. The van der Waals surface area contributed by atoms with Crippen LogP contribution >= 0.6 is 0 Å². The van der Waals surface area contributed by atoms with E-state index in [1.807, 2.05) is 19.1 Å². The second-order valence-corrected chi connectivity index (χ2v) is 3.62. The third-order valence-electron chi connectivity index (χ3n) is 2.29. The van der Waals surface area contributed by atoms with Crippen LogP contribution < -0.4 is 0 Å². The van der Waals surface area contributed by atoms with Crippen LogP contribution in [-0.4, -0.2) is 30.3 Å². The summed E-state index contributed by atoms with van der Waals surface area (Å²) in [6.07, 6.45) is 1.30. The van der Waals surface area contributed by atoms with Crippen molar-refractivity contribution in [2.24, 2.45) is 7.05 Å². The highest BCUT2D eigenvalue weighted by Crippen LogP contribution is 2.16. The smallest absolute Gasteiger partial charge is 0.177 e. The molecule has 0 aromatic carbocycles. The van der Waals surface area contributed by atoms with E-state index in [1.54, 1.807) is 13.2 Å². The summed E-state index contributed by atoms with van der Waals surface area (Å²) in [6.45, 7) is 1.91. The highest BCUT2D eigenvalue weighted by Gasteiger charge is 2.14. The van der Waals surface area contributed by atoms with Crippen molar-refractivity contribution in [3.05, 3.63) is 35.4 Å². The van der Waals surface area contributed by atoms with Crippen molar-refractivity contribution >= 4 is 0 Å². The van der Waals surface area contributed by atoms with Crippen molar-refractivity contribution in [2.45, 2.75) is 19.4 Å². The summed E-state index contributed by atoms with van der Waals surface area (Å²) in [5.41, 5.74) is 1.62. The molecule has 0 bridgehead atoms. The predicted octanol–water partition coefficient (Wildman–Crippen LogP) is 0.190. The van der Waals surface area contributed by atoms with E-state index in [0.717, 1.165) is 5.56 Å². The fourth-order valence-corrected chi connectivity index (χ4v) is 1.52. The average Bonchev–Trinajstić information content (AvgIpc) is 2.64. The molecular formula is C10H13N5O. The summed E-state index contributed by atoms with van der Waals surface area (Å²) in [6, 6.07) is 3.75. The topological polar surface area (TPSA) is 76.7 Å². The van der Waals surface area contributed by atoms with Crippen molar-refractivity contribution in [1.82, 2.24) is 25.2 Å². The van der Waals surface area contributed by atoms with Gasteiger partial charge in [-0.1, -0.05) is 6.07 Å². The molecule has 6 heteroatoms. The van der Waals surface area contributed by atoms with Crippen LogP contribution in [0.3, 0.4) is 0 Å². The highest BCUT2D eigenvalue weighted by atomic mass is 16.3. The first-order valence-corrected chi connectivity index (χ1v) is 4.99. The van der Waals surface area contributed by atoms with Gasteiger partial charge in [0.05, 0.1) is 12.7 Å². The van der Waals surface area contributed by atoms with Gasteiger partial charge in [0.1, 0.15) is 6.10 Å². The number of aromatic nitrogens is 5. The zero-order valence-electron chi connectivity index (χ0n) is 9.20. The van der Waals surface area contributed by atoms with Crippen LogP contribution in [0.5, 0.6) is 0 Å². The molecular weight excluding hydrogens is 206 g/mol. The van der Waals surface area contributed by atoms with Gasteiger partial charge in [-0.15, -0.1) is 10.2 Å². The first kappa shape index (κ1) is 10.7. The van der Waals surface area contributed by atoms with Gasteiger partial charge >= 0.3 is 0 Å². The highest BCUT2D eigenvalue weighted by molar-refractivity contribution is 5.20. The third-order valence-corrected chi connectivity index (χ3v) is 2.29. The molecule has 1 atom stereocenters. The number of aliphatic hydroxyl groups is 1. The number of hydrogen-bond acceptors (Lipinski definition) is 5. The molecule has 0 spiro atoms. The Hall–Kier alpha value is -1.82. The van der Waals surface area contributed by atoms with E-state index in [9.17, 15) is 5.11 Å². The van der Waals surface area contributed by atoms with E-state index in [-0.39, 0.29) is 0 Å². The molecule has 16 heavy (non-hydrogen) atoms. The van der Waals surface area contributed by atoms with Crippen molar-refractivity contribution < 1.29 is 5.11 Å². The SMILES string of the molecule is Cc1cccnc1C(O)Cc1nnn(C)n1. The lowest BCUT2D eigenvalue weighted by Gasteiger charge is -2.09. The van der Waals surface area contributed by atoms with Crippen molar-refractivity contribution in [3.8, 4) is 0 Å². The molecule has 6 nitrogen and oxygen atoms in total. The van der Waals surface area contributed by atoms with Gasteiger partial charge in [0.15, 0.2) is 5.82 Å². The first-order chi connectivity index (χ1) is 7.66. The Kier molecular flexibility index (Phi) is 2.91. The van der Waals surface area contributed by atoms with Gasteiger partial charge in [0, 0.05) is 12.6 Å². The Labute approximate surface area is 92.9 Å². The monoisotopic (exact) mass is 219 g/mol. The summed E-state index contributed by atoms with van der Waals surface area (Å²) in [5.74, 6) is 0.514. The molecule has 2 rings (SSSR count). The number of nitrogens with zero attached hydrogens (tertiary/aromatic N) is 5. The van der Waals surface area contributed by atoms with E-state index in [2.05, 4.69) is 20.4 Å². The summed E-state index contributed by atoms with van der Waals surface area (Å²) < 4.78 is 0. The number of aryl methyl sites for hydroxylation is 2. The largest absolute Gasteiger partial charge is 0.386 e. The summed E-state index contributed by atoms with van der Waals surface area (Å²) in [7, 11) is 1.69. The van der Waals surface area contributed by atoms with Crippen molar-refractivity contribution in [3.63, 3.8) is 0 Å². The second kappa shape index (κ2) is 4.36. The maximum Gasteiger partial charge on any atom is 0.177 e. The van der Waals surface area contributed by atoms with Crippen LogP contribution in [0.15, 0.2) is 18.3 Å².